The van der Waals surface area contributed by atoms with Crippen molar-refractivity contribution in [2.75, 3.05) is 18.0 Å². The van der Waals surface area contributed by atoms with Crippen LogP contribution in [0.5, 0.6) is 0 Å². The number of aliphatic carboxylic acids is 1. The summed E-state index contributed by atoms with van der Waals surface area (Å²) in [6, 6.07) is 0. The molecule has 4 nitrogen and oxygen atoms in total. The molecule has 0 saturated carbocycles. The number of hydrogen-bond acceptors (Lipinski definition) is 4. The number of anilines is 1. The van der Waals surface area contributed by atoms with Gasteiger partial charge in [-0.15, -0.1) is 11.3 Å². The van der Waals surface area contributed by atoms with Gasteiger partial charge < -0.3 is 10.0 Å². The monoisotopic (exact) mass is 268 g/mol. The fourth-order valence-electron chi connectivity index (χ4n) is 2.61. The van der Waals surface area contributed by atoms with Crippen LogP contribution in [0.4, 0.5) is 5.13 Å². The van der Waals surface area contributed by atoms with E-state index in [0.717, 1.165) is 23.9 Å². The van der Waals surface area contributed by atoms with Crippen LogP contribution in [0, 0.1) is 11.8 Å². The molecule has 100 valence electrons. The normalized spacial score (nSPS) is 24.2. The minimum absolute atomic E-state index is 0.163. The maximum atomic E-state index is 10.5. The predicted molar refractivity (Wildman–Crippen MR) is 73.2 cm³/mol. The number of carboxylic acids is 1. The summed E-state index contributed by atoms with van der Waals surface area (Å²) in [5.74, 6) is 0.657. The standard InChI is InChI=1S/C13H20N2O2S/c1-9-5-10(2)7-15(6-9)13-14-11(8-18-13)3-4-12(16)17/h8-10H,3-7H2,1-2H3,(H,16,17). The summed E-state index contributed by atoms with van der Waals surface area (Å²) in [5.41, 5.74) is 0.906. The number of piperidine rings is 1. The fraction of sp³-hybridized carbons (Fsp3) is 0.692. The van der Waals surface area contributed by atoms with Crippen LogP contribution in [-0.2, 0) is 11.2 Å². The minimum Gasteiger partial charge on any atom is -0.481 e. The van der Waals surface area contributed by atoms with Crippen LogP contribution in [0.1, 0.15) is 32.4 Å². The van der Waals surface area contributed by atoms with E-state index in [4.69, 9.17) is 5.11 Å². The summed E-state index contributed by atoms with van der Waals surface area (Å²) in [4.78, 5) is 17.4. The molecular weight excluding hydrogens is 248 g/mol. The van der Waals surface area contributed by atoms with Crippen LogP contribution in [0.3, 0.4) is 0 Å². The lowest BCUT2D eigenvalue weighted by Gasteiger charge is -2.34. The second-order valence-electron chi connectivity index (χ2n) is 5.37. The zero-order valence-electron chi connectivity index (χ0n) is 10.9. The van der Waals surface area contributed by atoms with Crippen molar-refractivity contribution < 1.29 is 9.90 Å². The fourth-order valence-corrected chi connectivity index (χ4v) is 3.49. The number of nitrogens with zero attached hydrogens (tertiary/aromatic N) is 2. The Labute approximate surface area is 112 Å². The van der Waals surface area contributed by atoms with Crippen LogP contribution in [0.25, 0.3) is 0 Å². The molecule has 1 aromatic rings. The molecule has 2 rings (SSSR count). The molecule has 1 aromatic heterocycles. The number of hydrogen-bond donors (Lipinski definition) is 1. The van der Waals surface area contributed by atoms with E-state index in [2.05, 4.69) is 23.7 Å². The maximum Gasteiger partial charge on any atom is 0.303 e. The zero-order valence-corrected chi connectivity index (χ0v) is 11.7. The quantitative estimate of drug-likeness (QED) is 0.912. The summed E-state index contributed by atoms with van der Waals surface area (Å²) in [6.45, 7) is 6.69. The van der Waals surface area contributed by atoms with E-state index >= 15 is 0 Å². The van der Waals surface area contributed by atoms with Crippen LogP contribution in [-0.4, -0.2) is 29.1 Å². The Hall–Kier alpha value is -1.10. The van der Waals surface area contributed by atoms with Crippen molar-refractivity contribution in [2.45, 2.75) is 33.1 Å². The van der Waals surface area contributed by atoms with E-state index < -0.39 is 5.97 Å². The molecule has 0 aliphatic carbocycles. The van der Waals surface area contributed by atoms with Gasteiger partial charge >= 0.3 is 5.97 Å². The van der Waals surface area contributed by atoms with Gasteiger partial charge in [-0.05, 0) is 18.3 Å². The second kappa shape index (κ2) is 5.69. The van der Waals surface area contributed by atoms with Gasteiger partial charge in [-0.1, -0.05) is 13.8 Å². The molecule has 2 heterocycles. The summed E-state index contributed by atoms with van der Waals surface area (Å²) in [6.07, 6.45) is 1.98. The Balaban J connectivity index is 1.98. The lowest BCUT2D eigenvalue weighted by Crippen LogP contribution is -2.38. The van der Waals surface area contributed by atoms with Crippen LogP contribution >= 0.6 is 11.3 Å². The molecule has 18 heavy (non-hydrogen) atoms. The minimum atomic E-state index is -0.759. The summed E-state index contributed by atoms with van der Waals surface area (Å²) < 4.78 is 0. The average molecular weight is 268 g/mol. The molecule has 0 amide bonds. The second-order valence-corrected chi connectivity index (χ2v) is 6.20. The largest absolute Gasteiger partial charge is 0.481 e. The average Bonchev–Trinajstić information content (AvgIpc) is 2.73. The molecule has 2 unspecified atom stereocenters. The molecule has 1 fully saturated rings. The lowest BCUT2D eigenvalue weighted by molar-refractivity contribution is -0.136. The van der Waals surface area contributed by atoms with Gasteiger partial charge in [-0.25, -0.2) is 4.98 Å². The Bertz CT molecular complexity index is 409. The molecule has 5 heteroatoms. The number of rotatable bonds is 4. The van der Waals surface area contributed by atoms with E-state index in [-0.39, 0.29) is 6.42 Å². The number of aromatic nitrogens is 1. The van der Waals surface area contributed by atoms with Crippen molar-refractivity contribution in [1.82, 2.24) is 4.98 Å². The Morgan fingerprint density at radius 2 is 2.17 bits per heavy atom. The highest BCUT2D eigenvalue weighted by Crippen LogP contribution is 2.28. The zero-order chi connectivity index (χ0) is 13.1. The Morgan fingerprint density at radius 3 is 2.78 bits per heavy atom. The highest BCUT2D eigenvalue weighted by molar-refractivity contribution is 7.13. The highest BCUT2D eigenvalue weighted by atomic mass is 32.1. The number of aryl methyl sites for hydroxylation is 1. The molecular formula is C13H20N2O2S. The molecule has 1 aliphatic heterocycles. The van der Waals surface area contributed by atoms with Crippen molar-refractivity contribution in [2.24, 2.45) is 11.8 Å². The topological polar surface area (TPSA) is 53.4 Å². The summed E-state index contributed by atoms with van der Waals surface area (Å²) >= 11 is 1.63. The number of carboxylic acid groups (broad SMARTS) is 1. The van der Waals surface area contributed by atoms with Crippen molar-refractivity contribution in [3.63, 3.8) is 0 Å². The van der Waals surface area contributed by atoms with Gasteiger partial charge in [0.05, 0.1) is 12.1 Å². The van der Waals surface area contributed by atoms with Gasteiger partial charge in [0.15, 0.2) is 5.13 Å². The van der Waals surface area contributed by atoms with E-state index in [1.165, 1.54) is 6.42 Å². The molecule has 1 aliphatic rings. The molecule has 2 atom stereocenters. The number of carbonyl (C=O) groups is 1. The summed E-state index contributed by atoms with van der Waals surface area (Å²) in [5, 5.41) is 11.7. The Kier molecular flexibility index (Phi) is 4.22. The predicted octanol–water partition coefficient (Wildman–Crippen LogP) is 2.64. The van der Waals surface area contributed by atoms with E-state index in [1.54, 1.807) is 11.3 Å². The summed E-state index contributed by atoms with van der Waals surface area (Å²) in [7, 11) is 0. The molecule has 1 N–H and O–H groups in total. The van der Waals surface area contributed by atoms with Crippen LogP contribution in [0.15, 0.2) is 5.38 Å². The van der Waals surface area contributed by atoms with Crippen LogP contribution in [0.2, 0.25) is 0 Å². The highest BCUT2D eigenvalue weighted by Gasteiger charge is 2.23. The van der Waals surface area contributed by atoms with Crippen molar-refractivity contribution in [1.29, 1.82) is 0 Å². The maximum absolute atomic E-state index is 10.5. The first-order valence-corrected chi connectivity index (χ1v) is 7.33. The SMILES string of the molecule is CC1CC(C)CN(c2nc(CCC(=O)O)cs2)C1. The smallest absolute Gasteiger partial charge is 0.303 e. The van der Waals surface area contributed by atoms with Gasteiger partial charge in [0, 0.05) is 24.9 Å². The van der Waals surface area contributed by atoms with E-state index in [0.29, 0.717) is 18.3 Å². The first-order chi connectivity index (χ1) is 8.54. The molecule has 0 aromatic carbocycles. The third-order valence-electron chi connectivity index (χ3n) is 3.27. The first kappa shape index (κ1) is 13.3. The van der Waals surface area contributed by atoms with Crippen molar-refractivity contribution >= 4 is 22.4 Å². The molecule has 0 bridgehead atoms. The van der Waals surface area contributed by atoms with E-state index in [9.17, 15) is 4.79 Å². The number of thiazole rings is 1. The van der Waals surface area contributed by atoms with Gasteiger partial charge in [0.2, 0.25) is 0 Å². The van der Waals surface area contributed by atoms with Gasteiger partial charge in [0.25, 0.3) is 0 Å². The van der Waals surface area contributed by atoms with Gasteiger partial charge in [-0.2, -0.15) is 0 Å². The van der Waals surface area contributed by atoms with Crippen molar-refractivity contribution in [3.05, 3.63) is 11.1 Å². The third kappa shape index (κ3) is 3.45. The molecule has 0 spiro atoms. The van der Waals surface area contributed by atoms with Crippen LogP contribution < -0.4 is 4.90 Å². The van der Waals surface area contributed by atoms with E-state index in [1.807, 2.05) is 5.38 Å². The molecule has 1 saturated heterocycles. The van der Waals surface area contributed by atoms with Gasteiger partial charge in [0.1, 0.15) is 0 Å². The lowest BCUT2D eigenvalue weighted by atomic mass is 9.92. The van der Waals surface area contributed by atoms with Crippen molar-refractivity contribution in [3.8, 4) is 0 Å². The Morgan fingerprint density at radius 1 is 1.50 bits per heavy atom. The third-order valence-corrected chi connectivity index (χ3v) is 4.22. The first-order valence-electron chi connectivity index (χ1n) is 6.45. The van der Waals surface area contributed by atoms with Gasteiger partial charge in [-0.3, -0.25) is 4.79 Å². The molecule has 0 radical (unpaired) electrons.